The summed E-state index contributed by atoms with van der Waals surface area (Å²) in [6.07, 6.45) is -0.511. The largest absolute Gasteiger partial charge is 0.481 e. The van der Waals surface area contributed by atoms with Crippen LogP contribution < -0.4 is 4.90 Å². The molecule has 3 aromatic rings. The van der Waals surface area contributed by atoms with Crippen molar-refractivity contribution >= 4 is 85.7 Å². The molecule has 1 aliphatic rings. The van der Waals surface area contributed by atoms with Crippen molar-refractivity contribution < 1.29 is 23.5 Å². The van der Waals surface area contributed by atoms with Gasteiger partial charge in [0, 0.05) is 6.07 Å². The van der Waals surface area contributed by atoms with E-state index in [1.54, 1.807) is 0 Å². The van der Waals surface area contributed by atoms with Gasteiger partial charge in [-0.15, -0.1) is 23.1 Å². The Morgan fingerprint density at radius 1 is 1.20 bits per heavy atom. The molecule has 1 atom stereocenters. The first-order chi connectivity index (χ1) is 14.2. The Bertz CT molecular complexity index is 1220. The molecule has 0 aliphatic carbocycles. The summed E-state index contributed by atoms with van der Waals surface area (Å²) < 4.78 is 28.8. The summed E-state index contributed by atoms with van der Waals surface area (Å²) in [6, 6.07) is 3.20. The van der Waals surface area contributed by atoms with Gasteiger partial charge in [-0.3, -0.25) is 9.59 Å². The number of thioether (sulfide) groups is 1. The van der Waals surface area contributed by atoms with Crippen molar-refractivity contribution in [1.82, 2.24) is 4.98 Å². The standard InChI is InChI=1S/C18H9Cl3F2N2O3S2/c19-7-3-8(20)16-15(14(7)21)24-12(30-16)5-25-10-2-6(22)1-9(23)17(10)29-11(18(25)28)4-13(26)27/h1-3,11H,4-5H2,(H,26,27). The molecule has 1 N–H and O–H groups in total. The van der Waals surface area contributed by atoms with Crippen molar-refractivity contribution in [3.05, 3.63) is 49.9 Å². The van der Waals surface area contributed by atoms with E-state index in [1.807, 2.05) is 0 Å². The smallest absolute Gasteiger partial charge is 0.305 e. The van der Waals surface area contributed by atoms with Crippen molar-refractivity contribution in [3.63, 3.8) is 0 Å². The van der Waals surface area contributed by atoms with Crippen LogP contribution in [0.4, 0.5) is 14.5 Å². The third kappa shape index (κ3) is 3.85. The summed E-state index contributed by atoms with van der Waals surface area (Å²) in [6.45, 7) is -0.144. The van der Waals surface area contributed by atoms with Gasteiger partial charge in [-0.1, -0.05) is 34.8 Å². The van der Waals surface area contributed by atoms with Crippen LogP contribution in [0.3, 0.4) is 0 Å². The van der Waals surface area contributed by atoms with Crippen molar-refractivity contribution in [2.75, 3.05) is 4.90 Å². The number of fused-ring (bicyclic) bond motifs is 2. The van der Waals surface area contributed by atoms with Crippen LogP contribution in [-0.4, -0.2) is 27.2 Å². The summed E-state index contributed by atoms with van der Waals surface area (Å²) in [5.41, 5.74) is 0.361. The quantitative estimate of drug-likeness (QED) is 0.436. The van der Waals surface area contributed by atoms with Crippen LogP contribution in [0.15, 0.2) is 23.1 Å². The molecule has 0 spiro atoms. The topological polar surface area (TPSA) is 70.5 Å². The minimum atomic E-state index is -1.21. The second-order valence-electron chi connectivity index (χ2n) is 6.30. The molecule has 1 amide bonds. The fraction of sp³-hybridized carbons (Fsp3) is 0.167. The maximum Gasteiger partial charge on any atom is 0.305 e. The van der Waals surface area contributed by atoms with Gasteiger partial charge < -0.3 is 10.0 Å². The number of nitrogens with zero attached hydrogens (tertiary/aromatic N) is 2. The van der Waals surface area contributed by atoms with Crippen molar-refractivity contribution in [1.29, 1.82) is 0 Å². The minimum Gasteiger partial charge on any atom is -0.481 e. The number of carbonyl (C=O) groups excluding carboxylic acids is 1. The molecule has 156 valence electrons. The highest BCUT2D eigenvalue weighted by atomic mass is 35.5. The molecule has 2 aromatic carbocycles. The number of benzene rings is 2. The third-order valence-electron chi connectivity index (χ3n) is 4.29. The van der Waals surface area contributed by atoms with E-state index < -0.39 is 35.2 Å². The van der Waals surface area contributed by atoms with E-state index in [2.05, 4.69) is 4.98 Å². The number of aliphatic carboxylic acids is 1. The number of carboxylic acids is 1. The first-order valence-electron chi connectivity index (χ1n) is 8.27. The number of aromatic nitrogens is 1. The van der Waals surface area contributed by atoms with E-state index in [1.165, 1.54) is 6.07 Å². The lowest BCUT2D eigenvalue weighted by atomic mass is 10.2. The minimum absolute atomic E-state index is 0.00229. The molecule has 1 unspecified atom stereocenters. The maximum atomic E-state index is 14.4. The molecule has 2 heterocycles. The summed E-state index contributed by atoms with van der Waals surface area (Å²) >= 11 is 20.3. The Balaban J connectivity index is 1.80. The zero-order chi connectivity index (χ0) is 21.7. The lowest BCUT2D eigenvalue weighted by Crippen LogP contribution is -2.41. The average molecular weight is 510 g/mol. The van der Waals surface area contributed by atoms with Gasteiger partial charge in [-0.25, -0.2) is 13.8 Å². The fourth-order valence-electron chi connectivity index (χ4n) is 3.03. The van der Waals surface area contributed by atoms with Gasteiger partial charge in [0.2, 0.25) is 5.91 Å². The molecule has 0 fully saturated rings. The monoisotopic (exact) mass is 508 g/mol. The molecule has 1 aliphatic heterocycles. The second kappa shape index (κ2) is 8.12. The van der Waals surface area contributed by atoms with Gasteiger partial charge in [-0.05, 0) is 12.1 Å². The highest BCUT2D eigenvalue weighted by Crippen LogP contribution is 2.44. The number of hydrogen-bond acceptors (Lipinski definition) is 5. The van der Waals surface area contributed by atoms with Crippen LogP contribution >= 0.6 is 57.9 Å². The number of rotatable bonds is 4. The van der Waals surface area contributed by atoms with Gasteiger partial charge in [0.15, 0.2) is 0 Å². The number of halogens is 5. The van der Waals surface area contributed by atoms with Crippen molar-refractivity contribution in [2.45, 2.75) is 23.1 Å². The third-order valence-corrected chi connectivity index (χ3v) is 7.85. The van der Waals surface area contributed by atoms with Crippen LogP contribution in [0.5, 0.6) is 0 Å². The van der Waals surface area contributed by atoms with E-state index in [9.17, 15) is 18.4 Å². The lowest BCUT2D eigenvalue weighted by molar-refractivity contribution is -0.138. The Labute approximate surface area is 191 Å². The zero-order valence-electron chi connectivity index (χ0n) is 14.6. The SMILES string of the molecule is O=C(O)CC1Sc2c(F)cc(F)cc2N(Cc2nc3c(Cl)c(Cl)cc(Cl)c3s2)C1=O. The first-order valence-corrected chi connectivity index (χ1v) is 11.1. The number of anilines is 1. The van der Waals surface area contributed by atoms with Crippen molar-refractivity contribution in [2.24, 2.45) is 0 Å². The molecule has 0 saturated carbocycles. The second-order valence-corrected chi connectivity index (χ2v) is 9.79. The molecule has 12 heteroatoms. The Morgan fingerprint density at radius 3 is 2.63 bits per heavy atom. The Morgan fingerprint density at radius 2 is 1.93 bits per heavy atom. The summed E-state index contributed by atoms with van der Waals surface area (Å²) in [4.78, 5) is 29.6. The highest BCUT2D eigenvalue weighted by Gasteiger charge is 2.37. The lowest BCUT2D eigenvalue weighted by Gasteiger charge is -2.32. The van der Waals surface area contributed by atoms with Gasteiger partial charge in [-0.2, -0.15) is 0 Å². The number of carboxylic acid groups (broad SMARTS) is 1. The van der Waals surface area contributed by atoms with Crippen molar-refractivity contribution in [3.8, 4) is 0 Å². The molecule has 0 saturated heterocycles. The average Bonchev–Trinajstić information content (AvgIpc) is 3.08. The molecule has 5 nitrogen and oxygen atoms in total. The Kier molecular flexibility index (Phi) is 5.84. The van der Waals surface area contributed by atoms with E-state index in [-0.39, 0.29) is 27.2 Å². The van der Waals surface area contributed by atoms with E-state index in [0.29, 0.717) is 26.3 Å². The number of hydrogen-bond donors (Lipinski definition) is 1. The summed E-state index contributed by atoms with van der Waals surface area (Å²) in [7, 11) is 0. The maximum absolute atomic E-state index is 14.4. The molecular weight excluding hydrogens is 501 g/mol. The number of amides is 1. The normalized spacial score (nSPS) is 16.2. The summed E-state index contributed by atoms with van der Waals surface area (Å²) in [5, 5.41) is 9.17. The predicted molar refractivity (Wildman–Crippen MR) is 114 cm³/mol. The van der Waals surface area contributed by atoms with E-state index in [0.717, 1.165) is 34.1 Å². The molecule has 0 bridgehead atoms. The van der Waals surface area contributed by atoms with Crippen LogP contribution in [0.1, 0.15) is 11.4 Å². The first kappa shape index (κ1) is 21.6. The summed E-state index contributed by atoms with van der Waals surface area (Å²) in [5.74, 6) is -3.53. The van der Waals surface area contributed by atoms with Gasteiger partial charge in [0.1, 0.15) is 22.2 Å². The van der Waals surface area contributed by atoms with Crippen LogP contribution in [-0.2, 0) is 16.1 Å². The Hall–Kier alpha value is -1.65. The highest BCUT2D eigenvalue weighted by molar-refractivity contribution is 8.01. The molecule has 4 rings (SSSR count). The molecular formula is C18H9Cl3F2N2O3S2. The fourth-order valence-corrected chi connectivity index (χ4v) is 6.01. The predicted octanol–water partition coefficient (Wildman–Crippen LogP) is 6.02. The molecule has 0 radical (unpaired) electrons. The van der Waals surface area contributed by atoms with Gasteiger partial charge in [0.25, 0.3) is 0 Å². The van der Waals surface area contributed by atoms with Crippen LogP contribution in [0.2, 0.25) is 15.1 Å². The van der Waals surface area contributed by atoms with E-state index in [4.69, 9.17) is 39.9 Å². The van der Waals surface area contributed by atoms with Crippen LogP contribution in [0, 0.1) is 11.6 Å². The number of carbonyl (C=O) groups is 2. The number of thiazole rings is 1. The van der Waals surface area contributed by atoms with Gasteiger partial charge in [0.05, 0.1) is 48.6 Å². The molecule has 1 aromatic heterocycles. The molecule has 30 heavy (non-hydrogen) atoms. The zero-order valence-corrected chi connectivity index (χ0v) is 18.5. The van der Waals surface area contributed by atoms with Crippen LogP contribution in [0.25, 0.3) is 10.2 Å². The van der Waals surface area contributed by atoms with E-state index >= 15 is 0 Å². The van der Waals surface area contributed by atoms with Gasteiger partial charge >= 0.3 is 5.97 Å².